The molecule has 0 unspecified atom stereocenters. The molecule has 206 valence electrons. The van der Waals surface area contributed by atoms with Gasteiger partial charge in [-0.15, -0.1) is 0 Å². The fourth-order valence-corrected chi connectivity index (χ4v) is 3.67. The smallest absolute Gasteiger partial charge is 0.0888 e. The Labute approximate surface area is 253 Å². The molecule has 0 saturated heterocycles. The van der Waals surface area contributed by atoms with Crippen LogP contribution in [0.15, 0.2) is 134 Å². The number of rotatable bonds is 5. The molecule has 7 nitrogen and oxygen atoms in total. The zero-order valence-corrected chi connectivity index (χ0v) is 24.5. The van der Waals surface area contributed by atoms with Crippen molar-refractivity contribution in [3.63, 3.8) is 0 Å². The Morgan fingerprint density at radius 1 is 0.463 bits per heavy atom. The molecule has 0 bridgehead atoms. The van der Waals surface area contributed by atoms with Crippen molar-refractivity contribution < 1.29 is 19.5 Å². The summed E-state index contributed by atoms with van der Waals surface area (Å²) in [5, 5.41) is 0. The van der Waals surface area contributed by atoms with Gasteiger partial charge in [-0.1, -0.05) is 24.3 Å². The Morgan fingerprint density at radius 3 is 1.22 bits per heavy atom. The first-order valence-corrected chi connectivity index (χ1v) is 13.0. The number of hydrogen-bond acceptors (Lipinski definition) is 7. The van der Waals surface area contributed by atoms with E-state index in [1.807, 2.05) is 103 Å². The topological polar surface area (TPSA) is 103 Å². The van der Waals surface area contributed by atoms with Crippen LogP contribution in [0.5, 0.6) is 0 Å². The quantitative estimate of drug-likeness (QED) is 0.226. The van der Waals surface area contributed by atoms with E-state index in [-0.39, 0.29) is 19.5 Å². The summed E-state index contributed by atoms with van der Waals surface area (Å²) in [6, 6.07) is 31.2. The summed E-state index contributed by atoms with van der Waals surface area (Å²) in [7, 11) is 0. The molecule has 8 heteroatoms. The maximum Gasteiger partial charge on any atom is 0.0888 e. The second kappa shape index (κ2) is 17.2. The molecule has 0 radical (unpaired) electrons. The van der Waals surface area contributed by atoms with Crippen LogP contribution in [0, 0.1) is 6.92 Å². The van der Waals surface area contributed by atoms with E-state index >= 15 is 0 Å². The Kier molecular flexibility index (Phi) is 13.0. The number of nitrogens with two attached hydrogens (primary N) is 1. The first-order chi connectivity index (χ1) is 19.7. The Balaban J connectivity index is 0.000000169. The summed E-state index contributed by atoms with van der Waals surface area (Å²) in [4.78, 5) is 25.4. The maximum absolute atomic E-state index is 5.54. The average Bonchev–Trinajstić information content (AvgIpc) is 3.04. The van der Waals surface area contributed by atoms with E-state index < -0.39 is 0 Å². The van der Waals surface area contributed by atoms with Gasteiger partial charge < -0.3 is 5.73 Å². The van der Waals surface area contributed by atoms with E-state index in [1.165, 1.54) is 11.1 Å². The zero-order chi connectivity index (χ0) is 27.8. The number of aryl methyl sites for hydroxylation is 1. The van der Waals surface area contributed by atoms with Gasteiger partial charge in [-0.25, -0.2) is 0 Å². The molecule has 0 atom stereocenters. The van der Waals surface area contributed by atoms with Crippen LogP contribution in [-0.4, -0.2) is 36.4 Å². The number of hydrogen-bond donors (Lipinski definition) is 1. The van der Waals surface area contributed by atoms with E-state index in [1.54, 1.807) is 24.8 Å². The number of pyridine rings is 6. The van der Waals surface area contributed by atoms with Gasteiger partial charge in [0.2, 0.25) is 0 Å². The van der Waals surface area contributed by atoms with Crippen LogP contribution in [0.1, 0.15) is 11.1 Å². The summed E-state index contributed by atoms with van der Waals surface area (Å²) in [5.74, 6) is 0. The van der Waals surface area contributed by atoms with Gasteiger partial charge in [-0.3, -0.25) is 29.9 Å². The summed E-state index contributed by atoms with van der Waals surface area (Å²) in [5.41, 5.74) is 13.4. The SMILES string of the molecule is Cc1ccnc(-c2cc(CCN)ccn2)c1.[Ru].c1ccc(-c2ccccn2)nc1.c1ccc(-c2ccccn2)nc1. The molecule has 0 saturated carbocycles. The minimum atomic E-state index is 0. The third-order valence-corrected chi connectivity index (χ3v) is 5.62. The van der Waals surface area contributed by atoms with Crippen molar-refractivity contribution in [2.24, 2.45) is 5.73 Å². The summed E-state index contributed by atoms with van der Waals surface area (Å²) < 4.78 is 0. The summed E-state index contributed by atoms with van der Waals surface area (Å²) in [6.07, 6.45) is 11.6. The van der Waals surface area contributed by atoms with Gasteiger partial charge in [0.25, 0.3) is 0 Å². The maximum atomic E-state index is 5.54. The van der Waals surface area contributed by atoms with Crippen LogP contribution < -0.4 is 5.73 Å². The summed E-state index contributed by atoms with van der Waals surface area (Å²) >= 11 is 0. The van der Waals surface area contributed by atoms with Gasteiger partial charge in [0.15, 0.2) is 0 Å². The molecule has 0 amide bonds. The van der Waals surface area contributed by atoms with Crippen LogP contribution >= 0.6 is 0 Å². The predicted octanol–water partition coefficient (Wildman–Crippen LogP) is 6.24. The molecule has 0 aliphatic carbocycles. The molecular weight excluding hydrogens is 595 g/mol. The molecule has 0 aromatic carbocycles. The van der Waals surface area contributed by atoms with Gasteiger partial charge in [0.05, 0.1) is 34.2 Å². The molecule has 6 rings (SSSR count). The Morgan fingerprint density at radius 2 is 0.854 bits per heavy atom. The van der Waals surface area contributed by atoms with Crippen molar-refractivity contribution in [1.82, 2.24) is 29.9 Å². The van der Waals surface area contributed by atoms with Crippen molar-refractivity contribution in [1.29, 1.82) is 0 Å². The normalized spacial score (nSPS) is 9.71. The largest absolute Gasteiger partial charge is 0.330 e. The second-order valence-corrected chi connectivity index (χ2v) is 8.67. The number of nitrogens with zero attached hydrogens (tertiary/aromatic N) is 6. The predicted molar refractivity (Wildman–Crippen MR) is 160 cm³/mol. The monoisotopic (exact) mass is 627 g/mol. The fourth-order valence-electron chi connectivity index (χ4n) is 3.67. The summed E-state index contributed by atoms with van der Waals surface area (Å²) in [6.45, 7) is 2.71. The molecule has 2 N–H and O–H groups in total. The van der Waals surface area contributed by atoms with E-state index in [0.29, 0.717) is 6.54 Å². The van der Waals surface area contributed by atoms with E-state index in [0.717, 1.165) is 40.6 Å². The van der Waals surface area contributed by atoms with Crippen LogP contribution in [-0.2, 0) is 25.9 Å². The van der Waals surface area contributed by atoms with Crippen molar-refractivity contribution in [2.45, 2.75) is 13.3 Å². The third kappa shape index (κ3) is 10.2. The van der Waals surface area contributed by atoms with Crippen LogP contribution in [0.3, 0.4) is 0 Å². The van der Waals surface area contributed by atoms with Gasteiger partial charge in [-0.05, 0) is 104 Å². The second-order valence-electron chi connectivity index (χ2n) is 8.67. The molecule has 6 heterocycles. The van der Waals surface area contributed by atoms with E-state index in [2.05, 4.69) is 42.9 Å². The molecule has 6 aromatic heterocycles. The molecule has 0 fully saturated rings. The van der Waals surface area contributed by atoms with Crippen molar-refractivity contribution >= 4 is 0 Å². The molecule has 41 heavy (non-hydrogen) atoms. The van der Waals surface area contributed by atoms with Gasteiger partial charge in [0.1, 0.15) is 0 Å². The van der Waals surface area contributed by atoms with Crippen molar-refractivity contribution in [2.75, 3.05) is 6.54 Å². The molecule has 0 spiro atoms. The van der Waals surface area contributed by atoms with E-state index in [4.69, 9.17) is 5.73 Å². The number of aromatic nitrogens is 6. The van der Waals surface area contributed by atoms with Crippen molar-refractivity contribution in [3.05, 3.63) is 145 Å². The van der Waals surface area contributed by atoms with E-state index in [9.17, 15) is 0 Å². The first kappa shape index (κ1) is 31.0. The molecule has 6 aromatic rings. The fraction of sp³-hybridized carbons (Fsp3) is 0.0909. The standard InChI is InChI=1S/C13H15N3.2C10H8N2.Ru/c1-10-3-6-15-12(8-10)13-9-11(2-5-14)4-7-16-13;2*1-3-7-11-9(5-1)10-6-2-4-8-12-10;/h3-4,6-9H,2,5,14H2,1H3;2*1-8H;. The molecule has 0 aliphatic rings. The molecular formula is C33H31N7Ru. The van der Waals surface area contributed by atoms with Gasteiger partial charge in [-0.2, -0.15) is 0 Å². The zero-order valence-electron chi connectivity index (χ0n) is 22.7. The van der Waals surface area contributed by atoms with Gasteiger partial charge >= 0.3 is 0 Å². The first-order valence-electron chi connectivity index (χ1n) is 13.0. The van der Waals surface area contributed by atoms with Crippen LogP contribution in [0.2, 0.25) is 0 Å². The molecule has 0 aliphatic heterocycles. The average molecular weight is 627 g/mol. The van der Waals surface area contributed by atoms with Gasteiger partial charge in [0, 0.05) is 56.7 Å². The minimum absolute atomic E-state index is 0. The van der Waals surface area contributed by atoms with Crippen LogP contribution in [0.4, 0.5) is 0 Å². The van der Waals surface area contributed by atoms with Crippen molar-refractivity contribution in [3.8, 4) is 34.2 Å². The Bertz CT molecular complexity index is 1400. The Hall–Kier alpha value is -4.52. The minimum Gasteiger partial charge on any atom is -0.330 e. The third-order valence-electron chi connectivity index (χ3n) is 5.62. The van der Waals surface area contributed by atoms with Crippen LogP contribution in [0.25, 0.3) is 34.2 Å².